The second kappa shape index (κ2) is 3.84. The molecule has 0 aliphatic heterocycles. The van der Waals surface area contributed by atoms with Gasteiger partial charge in [-0.3, -0.25) is 0 Å². The SMILES string of the molecule is Cc1c[nH]c(Sc2cc[c]cc2F)n1. The van der Waals surface area contributed by atoms with E-state index in [1.54, 1.807) is 18.3 Å². The van der Waals surface area contributed by atoms with Gasteiger partial charge in [-0.25, -0.2) is 9.37 Å². The fourth-order valence-corrected chi connectivity index (χ4v) is 1.83. The summed E-state index contributed by atoms with van der Waals surface area (Å²) in [4.78, 5) is 7.69. The van der Waals surface area contributed by atoms with Crippen LogP contribution in [0.3, 0.4) is 0 Å². The number of hydrogen-bond acceptors (Lipinski definition) is 2. The molecule has 1 aromatic carbocycles. The molecule has 0 aliphatic rings. The number of benzene rings is 1. The highest BCUT2D eigenvalue weighted by molar-refractivity contribution is 7.99. The molecule has 14 heavy (non-hydrogen) atoms. The molecule has 1 aromatic heterocycles. The minimum atomic E-state index is -0.272. The fourth-order valence-electron chi connectivity index (χ4n) is 1.03. The molecule has 2 aromatic rings. The van der Waals surface area contributed by atoms with Crippen molar-refractivity contribution < 1.29 is 4.39 Å². The fraction of sp³-hybridized carbons (Fsp3) is 0.100. The summed E-state index contributed by atoms with van der Waals surface area (Å²) in [5.74, 6) is -0.272. The number of aromatic nitrogens is 2. The lowest BCUT2D eigenvalue weighted by Crippen LogP contribution is -1.81. The highest BCUT2D eigenvalue weighted by atomic mass is 32.2. The molecule has 4 heteroatoms. The summed E-state index contributed by atoms with van der Waals surface area (Å²) in [6, 6.07) is 7.35. The van der Waals surface area contributed by atoms with Gasteiger partial charge in [0.05, 0.1) is 10.6 Å². The van der Waals surface area contributed by atoms with Crippen LogP contribution in [0.1, 0.15) is 5.69 Å². The summed E-state index contributed by atoms with van der Waals surface area (Å²) in [5.41, 5.74) is 0.899. The molecule has 0 saturated heterocycles. The van der Waals surface area contributed by atoms with Gasteiger partial charge < -0.3 is 4.98 Å². The zero-order valence-electron chi connectivity index (χ0n) is 7.54. The van der Waals surface area contributed by atoms with Crippen molar-refractivity contribution in [1.29, 1.82) is 0 Å². The second-order valence-electron chi connectivity index (χ2n) is 2.81. The Labute approximate surface area is 85.6 Å². The van der Waals surface area contributed by atoms with E-state index in [2.05, 4.69) is 16.0 Å². The zero-order valence-corrected chi connectivity index (χ0v) is 8.36. The molecule has 71 valence electrons. The molecule has 0 amide bonds. The van der Waals surface area contributed by atoms with E-state index in [1.807, 2.05) is 6.92 Å². The van der Waals surface area contributed by atoms with Gasteiger partial charge in [-0.05, 0) is 36.9 Å². The molecule has 0 bridgehead atoms. The van der Waals surface area contributed by atoms with Crippen molar-refractivity contribution in [2.45, 2.75) is 17.0 Å². The Kier molecular flexibility index (Phi) is 2.54. The molecular weight excluding hydrogens is 199 g/mol. The Morgan fingerprint density at radius 1 is 1.57 bits per heavy atom. The molecule has 2 nitrogen and oxygen atoms in total. The Hall–Kier alpha value is -1.29. The Balaban J connectivity index is 2.23. The molecule has 0 fully saturated rings. The first-order chi connectivity index (χ1) is 6.75. The molecule has 0 atom stereocenters. The largest absolute Gasteiger partial charge is 0.339 e. The summed E-state index contributed by atoms with van der Waals surface area (Å²) < 4.78 is 13.2. The van der Waals surface area contributed by atoms with Gasteiger partial charge in [0.25, 0.3) is 0 Å². The van der Waals surface area contributed by atoms with Gasteiger partial charge in [-0.1, -0.05) is 6.07 Å². The molecule has 0 aliphatic carbocycles. The number of H-pyrrole nitrogens is 1. The number of halogens is 1. The summed E-state index contributed by atoms with van der Waals surface area (Å²) in [6.07, 6.45) is 1.79. The van der Waals surface area contributed by atoms with Crippen LogP contribution in [-0.4, -0.2) is 9.97 Å². The lowest BCUT2D eigenvalue weighted by molar-refractivity contribution is 0.601. The van der Waals surface area contributed by atoms with E-state index < -0.39 is 0 Å². The summed E-state index contributed by atoms with van der Waals surface area (Å²) in [7, 11) is 0. The molecule has 0 unspecified atom stereocenters. The van der Waals surface area contributed by atoms with Crippen molar-refractivity contribution in [2.75, 3.05) is 0 Å². The number of aromatic amines is 1. The molecule has 1 N–H and O–H groups in total. The van der Waals surface area contributed by atoms with E-state index in [0.717, 1.165) is 5.69 Å². The maximum atomic E-state index is 13.2. The first-order valence-electron chi connectivity index (χ1n) is 4.11. The van der Waals surface area contributed by atoms with E-state index in [-0.39, 0.29) is 5.82 Å². The van der Waals surface area contributed by atoms with Crippen molar-refractivity contribution >= 4 is 11.8 Å². The molecule has 1 radical (unpaired) electrons. The Morgan fingerprint density at radius 2 is 2.43 bits per heavy atom. The molecule has 0 saturated carbocycles. The lowest BCUT2D eigenvalue weighted by Gasteiger charge is -1.98. The maximum absolute atomic E-state index is 13.2. The summed E-state index contributed by atoms with van der Waals surface area (Å²) in [5, 5.41) is 0.701. The molecular formula is C10H8FN2S. The van der Waals surface area contributed by atoms with Crippen LogP contribution in [0.2, 0.25) is 0 Å². The van der Waals surface area contributed by atoms with Crippen LogP contribution in [-0.2, 0) is 0 Å². The summed E-state index contributed by atoms with van der Waals surface area (Å²) in [6.45, 7) is 1.88. The third kappa shape index (κ3) is 1.96. The molecule has 2 rings (SSSR count). The van der Waals surface area contributed by atoms with Crippen molar-refractivity contribution in [2.24, 2.45) is 0 Å². The molecule has 1 heterocycles. The zero-order chi connectivity index (χ0) is 9.97. The van der Waals surface area contributed by atoms with Gasteiger partial charge in [0.1, 0.15) is 5.82 Å². The van der Waals surface area contributed by atoms with Gasteiger partial charge in [0.2, 0.25) is 0 Å². The number of nitrogens with one attached hydrogen (secondary N) is 1. The Bertz CT molecular complexity index is 439. The number of hydrogen-bond donors (Lipinski definition) is 1. The predicted molar refractivity (Wildman–Crippen MR) is 52.7 cm³/mol. The van der Waals surface area contributed by atoms with E-state index in [4.69, 9.17) is 0 Å². The van der Waals surface area contributed by atoms with E-state index >= 15 is 0 Å². The van der Waals surface area contributed by atoms with Gasteiger partial charge in [-0.15, -0.1) is 0 Å². The normalized spacial score (nSPS) is 10.4. The number of rotatable bonds is 2. The standard InChI is InChI=1S/C10H8FN2S/c1-7-6-12-10(13-7)14-9-5-3-2-4-8(9)11/h3-6H,1H3,(H,12,13). The van der Waals surface area contributed by atoms with Crippen LogP contribution in [0.25, 0.3) is 0 Å². The smallest absolute Gasteiger partial charge is 0.170 e. The third-order valence-electron chi connectivity index (χ3n) is 1.67. The Morgan fingerprint density at radius 3 is 3.07 bits per heavy atom. The van der Waals surface area contributed by atoms with Crippen LogP contribution >= 0.6 is 11.8 Å². The van der Waals surface area contributed by atoms with Crippen molar-refractivity contribution in [3.8, 4) is 0 Å². The highest BCUT2D eigenvalue weighted by Gasteiger charge is 2.05. The van der Waals surface area contributed by atoms with Crippen molar-refractivity contribution in [3.63, 3.8) is 0 Å². The van der Waals surface area contributed by atoms with Crippen LogP contribution < -0.4 is 0 Å². The van der Waals surface area contributed by atoms with Crippen molar-refractivity contribution in [3.05, 3.63) is 42.0 Å². The van der Waals surface area contributed by atoms with E-state index in [1.165, 1.54) is 17.8 Å². The number of nitrogens with zero attached hydrogens (tertiary/aromatic N) is 1. The second-order valence-corrected chi connectivity index (χ2v) is 3.84. The van der Waals surface area contributed by atoms with E-state index in [9.17, 15) is 4.39 Å². The van der Waals surface area contributed by atoms with Gasteiger partial charge >= 0.3 is 0 Å². The van der Waals surface area contributed by atoms with Gasteiger partial charge in [-0.2, -0.15) is 0 Å². The summed E-state index contributed by atoms with van der Waals surface area (Å²) >= 11 is 1.27. The topological polar surface area (TPSA) is 28.7 Å². The minimum Gasteiger partial charge on any atom is -0.339 e. The average Bonchev–Trinajstić information content (AvgIpc) is 2.56. The monoisotopic (exact) mass is 207 g/mol. The predicted octanol–water partition coefficient (Wildman–Crippen LogP) is 2.81. The lowest BCUT2D eigenvalue weighted by atomic mass is 10.4. The van der Waals surface area contributed by atoms with Crippen LogP contribution in [0.15, 0.2) is 34.4 Å². The quantitative estimate of drug-likeness (QED) is 0.820. The van der Waals surface area contributed by atoms with Crippen LogP contribution in [0.4, 0.5) is 4.39 Å². The van der Waals surface area contributed by atoms with Crippen molar-refractivity contribution in [1.82, 2.24) is 9.97 Å². The number of imidazole rings is 1. The van der Waals surface area contributed by atoms with Crippen LogP contribution in [0, 0.1) is 18.8 Å². The highest BCUT2D eigenvalue weighted by Crippen LogP contribution is 2.26. The average molecular weight is 207 g/mol. The number of aryl methyl sites for hydroxylation is 1. The minimum absolute atomic E-state index is 0.272. The third-order valence-corrected chi connectivity index (χ3v) is 2.62. The van der Waals surface area contributed by atoms with Crippen LogP contribution in [0.5, 0.6) is 0 Å². The van der Waals surface area contributed by atoms with E-state index in [0.29, 0.717) is 10.1 Å². The first kappa shape index (κ1) is 9.27. The maximum Gasteiger partial charge on any atom is 0.170 e. The first-order valence-corrected chi connectivity index (χ1v) is 4.93. The molecule has 0 spiro atoms. The van der Waals surface area contributed by atoms with Gasteiger partial charge in [0, 0.05) is 6.20 Å². The van der Waals surface area contributed by atoms with Gasteiger partial charge in [0.15, 0.2) is 5.16 Å².